The van der Waals surface area contributed by atoms with Gasteiger partial charge in [0.25, 0.3) is 0 Å². The van der Waals surface area contributed by atoms with Gasteiger partial charge in [-0.1, -0.05) is 0 Å². The van der Waals surface area contributed by atoms with E-state index in [9.17, 15) is 4.79 Å². The molecular weight excluding hydrogens is 118 g/mol. The molecule has 0 amide bonds. The quantitative estimate of drug-likeness (QED) is 0.561. The van der Waals surface area contributed by atoms with Crippen LogP contribution in [0.1, 0.15) is 6.92 Å². The number of Topliss-reactive ketones (excluding diaryl/α,β-unsaturated/α-hetero) is 1. The first kappa shape index (κ1) is 8.59. The van der Waals surface area contributed by atoms with Gasteiger partial charge < -0.3 is 10.0 Å². The molecule has 0 radical (unpaired) electrons. The number of carbonyl (C=O) groups excluding carboxylic acids is 1. The normalized spacial score (nSPS) is 13.9. The Labute approximate surface area is 55.3 Å². The minimum Gasteiger partial charge on any atom is -0.384 e. The zero-order valence-corrected chi connectivity index (χ0v) is 6.09. The van der Waals surface area contributed by atoms with Crippen LogP contribution in [-0.4, -0.2) is 42.5 Å². The number of hydrogen-bond donors (Lipinski definition) is 1. The maximum Gasteiger partial charge on any atom is 0.159 e. The van der Waals surface area contributed by atoms with Crippen LogP contribution in [0.3, 0.4) is 0 Å². The molecule has 54 valence electrons. The minimum atomic E-state index is -0.819. The zero-order chi connectivity index (χ0) is 7.44. The van der Waals surface area contributed by atoms with Gasteiger partial charge in [-0.25, -0.2) is 0 Å². The summed E-state index contributed by atoms with van der Waals surface area (Å²) in [6.07, 6.45) is -0.819. The highest BCUT2D eigenvalue weighted by molar-refractivity contribution is 5.80. The highest BCUT2D eigenvalue weighted by atomic mass is 16.3. The second-order valence-electron chi connectivity index (χ2n) is 2.39. The number of carbonyl (C=O) groups is 1. The molecule has 0 heterocycles. The molecular formula is C6H13NO2. The molecule has 0 aromatic heterocycles. The second-order valence-corrected chi connectivity index (χ2v) is 2.39. The third kappa shape index (κ3) is 4.12. The molecule has 0 aromatic rings. The summed E-state index contributed by atoms with van der Waals surface area (Å²) in [5, 5.41) is 8.91. The number of aliphatic hydroxyl groups is 1. The van der Waals surface area contributed by atoms with Crippen molar-refractivity contribution in [3.05, 3.63) is 0 Å². The van der Waals surface area contributed by atoms with Gasteiger partial charge in [-0.15, -0.1) is 0 Å². The Hall–Kier alpha value is -0.410. The highest BCUT2D eigenvalue weighted by Gasteiger charge is 2.09. The van der Waals surface area contributed by atoms with Crippen molar-refractivity contribution < 1.29 is 9.90 Å². The largest absolute Gasteiger partial charge is 0.384 e. The molecule has 1 N–H and O–H groups in total. The summed E-state index contributed by atoms with van der Waals surface area (Å²) in [6.45, 7) is 1.80. The summed E-state index contributed by atoms with van der Waals surface area (Å²) in [6, 6.07) is 0. The Morgan fingerprint density at radius 2 is 2.11 bits per heavy atom. The Morgan fingerprint density at radius 3 is 2.22 bits per heavy atom. The van der Waals surface area contributed by atoms with Gasteiger partial charge in [-0.3, -0.25) is 4.79 Å². The van der Waals surface area contributed by atoms with Gasteiger partial charge in [-0.05, 0) is 21.0 Å². The molecule has 1 unspecified atom stereocenters. The van der Waals surface area contributed by atoms with Crippen LogP contribution in [0.4, 0.5) is 0 Å². The fourth-order valence-electron chi connectivity index (χ4n) is 0.474. The van der Waals surface area contributed by atoms with E-state index in [1.54, 1.807) is 4.90 Å². The maximum absolute atomic E-state index is 10.4. The molecule has 0 aliphatic carbocycles. The number of hydrogen-bond acceptors (Lipinski definition) is 3. The molecule has 9 heavy (non-hydrogen) atoms. The minimum absolute atomic E-state index is 0.177. The summed E-state index contributed by atoms with van der Waals surface area (Å²) in [5.41, 5.74) is 0. The monoisotopic (exact) mass is 131 g/mol. The number of rotatable bonds is 3. The highest BCUT2D eigenvalue weighted by Crippen LogP contribution is 1.86. The van der Waals surface area contributed by atoms with Crippen molar-refractivity contribution in [2.45, 2.75) is 13.0 Å². The molecule has 0 bridgehead atoms. The Morgan fingerprint density at radius 1 is 1.67 bits per heavy atom. The summed E-state index contributed by atoms with van der Waals surface area (Å²) in [5.74, 6) is -0.177. The molecule has 0 aromatic carbocycles. The first-order valence-electron chi connectivity index (χ1n) is 2.87. The summed E-state index contributed by atoms with van der Waals surface area (Å²) >= 11 is 0. The number of nitrogens with zero attached hydrogens (tertiary/aromatic N) is 1. The van der Waals surface area contributed by atoms with Crippen LogP contribution in [0.2, 0.25) is 0 Å². The second kappa shape index (κ2) is 3.58. The molecule has 0 rings (SSSR count). The molecule has 0 saturated carbocycles. The van der Waals surface area contributed by atoms with Crippen LogP contribution in [0.25, 0.3) is 0 Å². The Kier molecular flexibility index (Phi) is 3.42. The lowest BCUT2D eigenvalue weighted by atomic mass is 10.2. The first-order chi connectivity index (χ1) is 4.04. The predicted molar refractivity (Wildman–Crippen MR) is 35.2 cm³/mol. The van der Waals surface area contributed by atoms with Gasteiger partial charge in [0.2, 0.25) is 0 Å². The van der Waals surface area contributed by atoms with E-state index in [0.717, 1.165) is 0 Å². The SMILES string of the molecule is CC(=O)C(O)CN(C)C. The number of likely N-dealkylation sites (N-methyl/N-ethyl adjacent to an activating group) is 1. The average molecular weight is 131 g/mol. The van der Waals surface area contributed by atoms with Gasteiger partial charge in [-0.2, -0.15) is 0 Å². The fraction of sp³-hybridized carbons (Fsp3) is 0.833. The molecule has 3 heteroatoms. The van der Waals surface area contributed by atoms with Crippen LogP contribution >= 0.6 is 0 Å². The smallest absolute Gasteiger partial charge is 0.159 e. The van der Waals surface area contributed by atoms with E-state index in [4.69, 9.17) is 5.11 Å². The van der Waals surface area contributed by atoms with Crippen LogP contribution in [0.5, 0.6) is 0 Å². The van der Waals surface area contributed by atoms with Gasteiger partial charge in [0.05, 0.1) is 0 Å². The summed E-state index contributed by atoms with van der Waals surface area (Å²) in [4.78, 5) is 12.2. The van der Waals surface area contributed by atoms with Crippen molar-refractivity contribution >= 4 is 5.78 Å². The van der Waals surface area contributed by atoms with Crippen molar-refractivity contribution in [2.75, 3.05) is 20.6 Å². The summed E-state index contributed by atoms with van der Waals surface area (Å²) < 4.78 is 0. The zero-order valence-electron chi connectivity index (χ0n) is 6.09. The van der Waals surface area contributed by atoms with Gasteiger partial charge in [0.15, 0.2) is 5.78 Å². The van der Waals surface area contributed by atoms with E-state index in [2.05, 4.69) is 0 Å². The van der Waals surface area contributed by atoms with Gasteiger partial charge >= 0.3 is 0 Å². The van der Waals surface area contributed by atoms with Crippen molar-refractivity contribution in [1.82, 2.24) is 4.90 Å². The van der Waals surface area contributed by atoms with Gasteiger partial charge in [0.1, 0.15) is 6.10 Å². The van der Waals surface area contributed by atoms with Crippen LogP contribution in [0, 0.1) is 0 Å². The standard InChI is InChI=1S/C6H13NO2/c1-5(8)6(9)4-7(2)3/h6,9H,4H2,1-3H3. The number of aliphatic hydroxyl groups excluding tert-OH is 1. The summed E-state index contributed by atoms with van der Waals surface area (Å²) in [7, 11) is 3.62. The molecule has 0 fully saturated rings. The van der Waals surface area contributed by atoms with Gasteiger partial charge in [0, 0.05) is 6.54 Å². The van der Waals surface area contributed by atoms with Crippen molar-refractivity contribution in [2.24, 2.45) is 0 Å². The average Bonchev–Trinajstić information content (AvgIpc) is 1.63. The van der Waals surface area contributed by atoms with E-state index in [0.29, 0.717) is 6.54 Å². The lowest BCUT2D eigenvalue weighted by molar-refractivity contribution is -0.125. The lowest BCUT2D eigenvalue weighted by Crippen LogP contribution is -2.30. The van der Waals surface area contributed by atoms with E-state index in [-0.39, 0.29) is 5.78 Å². The molecule has 0 saturated heterocycles. The molecule has 1 atom stereocenters. The van der Waals surface area contributed by atoms with Crippen molar-refractivity contribution in [3.63, 3.8) is 0 Å². The molecule has 3 nitrogen and oxygen atoms in total. The van der Waals surface area contributed by atoms with Crippen LogP contribution in [-0.2, 0) is 4.79 Å². The predicted octanol–water partition coefficient (Wildman–Crippen LogP) is -0.502. The van der Waals surface area contributed by atoms with E-state index >= 15 is 0 Å². The lowest BCUT2D eigenvalue weighted by Gasteiger charge is -2.12. The van der Waals surface area contributed by atoms with Crippen LogP contribution < -0.4 is 0 Å². The third-order valence-corrected chi connectivity index (χ3v) is 1.01. The van der Waals surface area contributed by atoms with E-state index in [1.165, 1.54) is 6.92 Å². The number of ketones is 1. The fourth-order valence-corrected chi connectivity index (χ4v) is 0.474. The van der Waals surface area contributed by atoms with Crippen molar-refractivity contribution in [3.8, 4) is 0 Å². The Balaban J connectivity index is 3.50. The first-order valence-corrected chi connectivity index (χ1v) is 2.87. The topological polar surface area (TPSA) is 40.5 Å². The molecule has 0 spiro atoms. The van der Waals surface area contributed by atoms with Crippen molar-refractivity contribution in [1.29, 1.82) is 0 Å². The molecule has 0 aliphatic heterocycles. The maximum atomic E-state index is 10.4. The third-order valence-electron chi connectivity index (χ3n) is 1.01. The van der Waals surface area contributed by atoms with E-state index < -0.39 is 6.10 Å². The van der Waals surface area contributed by atoms with E-state index in [1.807, 2.05) is 14.1 Å². The molecule has 0 aliphatic rings. The Bertz CT molecular complexity index is 101. The van der Waals surface area contributed by atoms with Crippen LogP contribution in [0.15, 0.2) is 0 Å².